The molecule has 0 saturated carbocycles. The van der Waals surface area contributed by atoms with Crippen LogP contribution >= 0.6 is 11.6 Å². The number of nitrogens with zero attached hydrogens (tertiary/aromatic N) is 3. The number of hydrogen-bond acceptors (Lipinski definition) is 7. The average Bonchev–Trinajstić information content (AvgIpc) is 2.56. The first-order valence-corrected chi connectivity index (χ1v) is 7.67. The molecule has 0 fully saturated rings. The van der Waals surface area contributed by atoms with E-state index in [-0.39, 0.29) is 0 Å². The quantitative estimate of drug-likeness (QED) is 0.713. The lowest BCUT2D eigenvalue weighted by atomic mass is 10.2. The van der Waals surface area contributed by atoms with Crippen molar-refractivity contribution in [1.29, 1.82) is 0 Å². The van der Waals surface area contributed by atoms with Crippen molar-refractivity contribution in [2.75, 3.05) is 31.4 Å². The van der Waals surface area contributed by atoms with Crippen molar-refractivity contribution >= 4 is 29.1 Å². The van der Waals surface area contributed by atoms with Crippen molar-refractivity contribution in [2.24, 2.45) is 0 Å². The van der Waals surface area contributed by atoms with E-state index in [4.69, 9.17) is 21.1 Å². The van der Waals surface area contributed by atoms with Crippen LogP contribution in [0.3, 0.4) is 0 Å². The van der Waals surface area contributed by atoms with Gasteiger partial charge in [-0.15, -0.1) is 5.10 Å². The monoisotopic (exact) mass is 337 g/mol. The molecule has 0 atom stereocenters. The molecule has 124 valence electrons. The van der Waals surface area contributed by atoms with Gasteiger partial charge in [0.05, 0.1) is 31.1 Å². The lowest BCUT2D eigenvalue weighted by Crippen LogP contribution is -2.07. The summed E-state index contributed by atoms with van der Waals surface area (Å²) in [5.41, 5.74) is 0.640. The van der Waals surface area contributed by atoms with E-state index in [1.54, 1.807) is 32.5 Å². The Labute approximate surface area is 140 Å². The normalized spacial score (nSPS) is 10.3. The lowest BCUT2D eigenvalue weighted by molar-refractivity contribution is 0.405. The molecule has 0 amide bonds. The van der Waals surface area contributed by atoms with Gasteiger partial charge in [-0.1, -0.05) is 24.9 Å². The van der Waals surface area contributed by atoms with Crippen LogP contribution in [0.15, 0.2) is 18.3 Å². The highest BCUT2D eigenvalue weighted by atomic mass is 35.5. The van der Waals surface area contributed by atoms with E-state index >= 15 is 0 Å². The number of aromatic nitrogens is 3. The van der Waals surface area contributed by atoms with Crippen molar-refractivity contribution in [1.82, 2.24) is 15.2 Å². The molecule has 0 saturated heterocycles. The molecule has 2 N–H and O–H groups in total. The van der Waals surface area contributed by atoms with Gasteiger partial charge in [0.15, 0.2) is 5.82 Å². The molecule has 0 spiro atoms. The molecular weight excluding hydrogens is 318 g/mol. The van der Waals surface area contributed by atoms with E-state index in [1.165, 1.54) is 0 Å². The van der Waals surface area contributed by atoms with Gasteiger partial charge in [-0.2, -0.15) is 10.1 Å². The number of benzene rings is 1. The molecular formula is C15H20ClN5O2. The Morgan fingerprint density at radius 3 is 2.65 bits per heavy atom. The van der Waals surface area contributed by atoms with E-state index < -0.39 is 0 Å². The fraction of sp³-hybridized carbons (Fsp3) is 0.400. The van der Waals surface area contributed by atoms with Crippen LogP contribution in [0.2, 0.25) is 5.02 Å². The number of halogens is 1. The van der Waals surface area contributed by atoms with Crippen LogP contribution < -0.4 is 20.1 Å². The zero-order valence-electron chi connectivity index (χ0n) is 13.4. The second kappa shape index (κ2) is 8.38. The van der Waals surface area contributed by atoms with E-state index in [9.17, 15) is 0 Å². The number of unbranched alkanes of at least 4 members (excludes halogenated alkanes) is 1. The van der Waals surface area contributed by atoms with Gasteiger partial charge in [0.1, 0.15) is 11.5 Å². The Bertz CT molecular complexity index is 654. The van der Waals surface area contributed by atoms with E-state index in [1.807, 2.05) is 0 Å². The number of nitrogens with one attached hydrogen (secondary N) is 2. The number of rotatable bonds is 8. The van der Waals surface area contributed by atoms with Crippen molar-refractivity contribution in [2.45, 2.75) is 19.8 Å². The molecule has 0 bridgehead atoms. The third-order valence-electron chi connectivity index (χ3n) is 3.12. The summed E-state index contributed by atoms with van der Waals surface area (Å²) in [4.78, 5) is 4.37. The second-order valence-corrected chi connectivity index (χ2v) is 5.16. The lowest BCUT2D eigenvalue weighted by Gasteiger charge is -2.13. The summed E-state index contributed by atoms with van der Waals surface area (Å²) in [6, 6.07) is 3.39. The minimum absolute atomic E-state index is 0.356. The fourth-order valence-electron chi connectivity index (χ4n) is 1.91. The van der Waals surface area contributed by atoms with Crippen molar-refractivity contribution in [3.8, 4) is 11.5 Å². The van der Waals surface area contributed by atoms with Crippen LogP contribution in [0.25, 0.3) is 0 Å². The maximum Gasteiger partial charge on any atom is 0.249 e. The Morgan fingerprint density at radius 2 is 1.96 bits per heavy atom. The summed E-state index contributed by atoms with van der Waals surface area (Å²) in [5, 5.41) is 14.6. The zero-order valence-corrected chi connectivity index (χ0v) is 14.1. The Balaban J connectivity index is 2.19. The molecule has 0 unspecified atom stereocenters. The first kappa shape index (κ1) is 17.1. The van der Waals surface area contributed by atoms with Gasteiger partial charge in [-0.05, 0) is 6.42 Å². The summed E-state index contributed by atoms with van der Waals surface area (Å²) >= 11 is 6.09. The third-order valence-corrected chi connectivity index (χ3v) is 3.41. The molecule has 7 nitrogen and oxygen atoms in total. The molecule has 1 aromatic heterocycles. The summed E-state index contributed by atoms with van der Waals surface area (Å²) in [6.07, 6.45) is 3.76. The van der Waals surface area contributed by atoms with Crippen molar-refractivity contribution < 1.29 is 9.47 Å². The average molecular weight is 338 g/mol. The Morgan fingerprint density at radius 1 is 1.17 bits per heavy atom. The predicted octanol–water partition coefficient (Wildman–Crippen LogP) is 3.50. The molecule has 1 aromatic carbocycles. The standard InChI is InChI=1S/C15H20ClN5O2/c1-4-5-6-17-14-9-18-21-15(20-14)19-11-8-12(22-2)10(16)7-13(11)23-3/h7-9H,4-6H2,1-3H3,(H2,17,19,20,21). The summed E-state index contributed by atoms with van der Waals surface area (Å²) in [6.45, 7) is 2.97. The minimum Gasteiger partial charge on any atom is -0.495 e. The molecule has 8 heteroatoms. The van der Waals surface area contributed by atoms with Crippen LogP contribution in [0.1, 0.15) is 19.8 Å². The van der Waals surface area contributed by atoms with Gasteiger partial charge < -0.3 is 20.1 Å². The van der Waals surface area contributed by atoms with E-state index in [2.05, 4.69) is 32.7 Å². The Hall–Kier alpha value is -2.28. The second-order valence-electron chi connectivity index (χ2n) is 4.76. The molecule has 2 aromatic rings. The SMILES string of the molecule is CCCCNc1cnnc(Nc2cc(OC)c(Cl)cc2OC)n1. The van der Waals surface area contributed by atoms with Crippen LogP contribution in [0, 0.1) is 0 Å². The van der Waals surface area contributed by atoms with Crippen LogP contribution in [-0.4, -0.2) is 35.9 Å². The summed E-state index contributed by atoms with van der Waals surface area (Å²) in [7, 11) is 3.11. The van der Waals surface area contributed by atoms with Crippen LogP contribution in [0.4, 0.5) is 17.5 Å². The van der Waals surface area contributed by atoms with Crippen LogP contribution in [-0.2, 0) is 0 Å². The molecule has 0 aliphatic rings. The largest absolute Gasteiger partial charge is 0.495 e. The van der Waals surface area contributed by atoms with E-state index in [0.29, 0.717) is 34.0 Å². The maximum atomic E-state index is 6.09. The highest BCUT2D eigenvalue weighted by Gasteiger charge is 2.11. The van der Waals surface area contributed by atoms with Gasteiger partial charge in [0, 0.05) is 18.7 Å². The topological polar surface area (TPSA) is 81.2 Å². The van der Waals surface area contributed by atoms with Gasteiger partial charge in [0.25, 0.3) is 0 Å². The molecule has 0 aliphatic carbocycles. The first-order chi connectivity index (χ1) is 11.2. The van der Waals surface area contributed by atoms with E-state index in [0.717, 1.165) is 19.4 Å². The Kier molecular flexibility index (Phi) is 6.22. The molecule has 2 rings (SSSR count). The number of anilines is 3. The van der Waals surface area contributed by atoms with Gasteiger partial charge in [-0.3, -0.25) is 0 Å². The molecule has 0 radical (unpaired) electrons. The maximum absolute atomic E-state index is 6.09. The molecule has 1 heterocycles. The summed E-state index contributed by atoms with van der Waals surface area (Å²) in [5.74, 6) is 2.11. The smallest absolute Gasteiger partial charge is 0.249 e. The van der Waals surface area contributed by atoms with Crippen molar-refractivity contribution in [3.63, 3.8) is 0 Å². The number of methoxy groups -OCH3 is 2. The highest BCUT2D eigenvalue weighted by molar-refractivity contribution is 6.32. The highest BCUT2D eigenvalue weighted by Crippen LogP contribution is 2.36. The number of ether oxygens (including phenoxy) is 2. The molecule has 23 heavy (non-hydrogen) atoms. The predicted molar refractivity (Wildman–Crippen MR) is 91.1 cm³/mol. The number of hydrogen-bond donors (Lipinski definition) is 2. The van der Waals surface area contributed by atoms with Gasteiger partial charge in [0.2, 0.25) is 5.95 Å². The minimum atomic E-state index is 0.356. The van der Waals surface area contributed by atoms with Gasteiger partial charge >= 0.3 is 0 Å². The van der Waals surface area contributed by atoms with Crippen molar-refractivity contribution in [3.05, 3.63) is 23.4 Å². The van der Waals surface area contributed by atoms with Crippen LogP contribution in [0.5, 0.6) is 11.5 Å². The summed E-state index contributed by atoms with van der Waals surface area (Å²) < 4.78 is 10.5. The third kappa shape index (κ3) is 4.59. The first-order valence-electron chi connectivity index (χ1n) is 7.30. The van der Waals surface area contributed by atoms with Gasteiger partial charge in [-0.25, -0.2) is 0 Å². The zero-order chi connectivity index (χ0) is 16.7. The fourth-order valence-corrected chi connectivity index (χ4v) is 2.14. The molecule has 0 aliphatic heterocycles.